The third-order valence-electron chi connectivity index (χ3n) is 3.48. The van der Waals surface area contributed by atoms with Crippen LogP contribution in [0.1, 0.15) is 29.6 Å². The SMILES string of the molecule is O=COCCCC(CC(=O)c1ccccc1)Sc1ccc(Cl)cc1. The molecule has 0 amide bonds. The number of ketones is 1. The summed E-state index contributed by atoms with van der Waals surface area (Å²) >= 11 is 7.57. The standard InChI is InChI=1S/C19H19ClO3S/c20-16-8-10-17(11-9-16)24-18(7-4-12-23-14-21)13-19(22)15-5-2-1-3-6-15/h1-3,5-6,8-11,14,18H,4,7,12-13H2. The van der Waals surface area contributed by atoms with Gasteiger partial charge in [0.15, 0.2) is 5.78 Å². The van der Waals surface area contributed by atoms with Crippen molar-refractivity contribution in [2.24, 2.45) is 0 Å². The van der Waals surface area contributed by atoms with E-state index < -0.39 is 0 Å². The average Bonchev–Trinajstić information content (AvgIpc) is 2.61. The highest BCUT2D eigenvalue weighted by Crippen LogP contribution is 2.30. The van der Waals surface area contributed by atoms with Crippen LogP contribution >= 0.6 is 23.4 Å². The fourth-order valence-corrected chi connectivity index (χ4v) is 3.62. The molecule has 24 heavy (non-hydrogen) atoms. The van der Waals surface area contributed by atoms with Crippen molar-refractivity contribution in [3.63, 3.8) is 0 Å². The lowest BCUT2D eigenvalue weighted by Gasteiger charge is -2.16. The summed E-state index contributed by atoms with van der Waals surface area (Å²) < 4.78 is 4.75. The maximum absolute atomic E-state index is 12.5. The molecule has 0 aromatic heterocycles. The van der Waals surface area contributed by atoms with Gasteiger partial charge in [0.25, 0.3) is 6.47 Å². The van der Waals surface area contributed by atoms with Gasteiger partial charge in [0.2, 0.25) is 0 Å². The molecule has 1 atom stereocenters. The first kappa shape index (κ1) is 18.6. The topological polar surface area (TPSA) is 43.4 Å². The summed E-state index contributed by atoms with van der Waals surface area (Å²) in [4.78, 5) is 23.8. The zero-order valence-electron chi connectivity index (χ0n) is 13.2. The summed E-state index contributed by atoms with van der Waals surface area (Å²) in [6.45, 7) is 0.831. The Hall–Kier alpha value is -1.78. The van der Waals surface area contributed by atoms with Crippen molar-refractivity contribution in [3.8, 4) is 0 Å². The van der Waals surface area contributed by atoms with E-state index >= 15 is 0 Å². The van der Waals surface area contributed by atoms with E-state index in [2.05, 4.69) is 0 Å². The van der Waals surface area contributed by atoms with Crippen LogP contribution in [0.4, 0.5) is 0 Å². The first-order valence-electron chi connectivity index (χ1n) is 7.75. The van der Waals surface area contributed by atoms with Crippen molar-refractivity contribution in [3.05, 3.63) is 65.2 Å². The molecule has 0 heterocycles. The number of Topliss-reactive ketones (excluding diaryl/α,β-unsaturated/α-hetero) is 1. The Balaban J connectivity index is 1.99. The Labute approximate surface area is 151 Å². The Morgan fingerprint density at radius 1 is 1.12 bits per heavy atom. The summed E-state index contributed by atoms with van der Waals surface area (Å²) in [5, 5.41) is 0.810. The van der Waals surface area contributed by atoms with E-state index in [0.29, 0.717) is 24.5 Å². The smallest absolute Gasteiger partial charge is 0.293 e. The molecule has 0 aliphatic carbocycles. The molecular formula is C19H19ClO3S. The first-order valence-corrected chi connectivity index (χ1v) is 9.00. The van der Waals surface area contributed by atoms with E-state index in [9.17, 15) is 9.59 Å². The average molecular weight is 363 g/mol. The van der Waals surface area contributed by atoms with Gasteiger partial charge in [0.05, 0.1) is 6.61 Å². The number of hydrogen-bond acceptors (Lipinski definition) is 4. The number of carbonyl (C=O) groups excluding carboxylic acids is 2. The van der Waals surface area contributed by atoms with Crippen LogP contribution in [0.5, 0.6) is 0 Å². The quantitative estimate of drug-likeness (QED) is 0.257. The van der Waals surface area contributed by atoms with E-state index in [-0.39, 0.29) is 11.0 Å². The number of ether oxygens (including phenoxy) is 1. The third kappa shape index (κ3) is 6.38. The van der Waals surface area contributed by atoms with E-state index in [1.165, 1.54) is 0 Å². The maximum Gasteiger partial charge on any atom is 0.293 e. The minimum absolute atomic E-state index is 0.120. The maximum atomic E-state index is 12.5. The van der Waals surface area contributed by atoms with Gasteiger partial charge in [0, 0.05) is 27.2 Å². The van der Waals surface area contributed by atoms with Crippen LogP contribution in [0.15, 0.2) is 59.5 Å². The van der Waals surface area contributed by atoms with Crippen molar-refractivity contribution in [1.29, 1.82) is 0 Å². The number of thioether (sulfide) groups is 1. The minimum atomic E-state index is 0.120. The van der Waals surface area contributed by atoms with Crippen molar-refractivity contribution >= 4 is 35.6 Å². The zero-order valence-corrected chi connectivity index (χ0v) is 14.8. The summed E-state index contributed by atoms with van der Waals surface area (Å²) in [6.07, 6.45) is 1.96. The fraction of sp³-hybridized carbons (Fsp3) is 0.263. The van der Waals surface area contributed by atoms with Crippen molar-refractivity contribution < 1.29 is 14.3 Å². The van der Waals surface area contributed by atoms with E-state index in [4.69, 9.17) is 16.3 Å². The molecule has 2 aromatic carbocycles. The number of halogens is 1. The normalized spacial score (nSPS) is 11.7. The van der Waals surface area contributed by atoms with E-state index in [0.717, 1.165) is 23.3 Å². The third-order valence-corrected chi connectivity index (χ3v) is 5.01. The van der Waals surface area contributed by atoms with E-state index in [1.54, 1.807) is 11.8 Å². The second-order valence-electron chi connectivity index (χ2n) is 5.30. The number of rotatable bonds is 10. The highest BCUT2D eigenvalue weighted by Gasteiger charge is 2.16. The molecule has 0 fully saturated rings. The monoisotopic (exact) mass is 362 g/mol. The molecule has 126 valence electrons. The zero-order chi connectivity index (χ0) is 17.2. The molecular weight excluding hydrogens is 344 g/mol. The molecule has 0 aliphatic rings. The van der Waals surface area contributed by atoms with Gasteiger partial charge in [-0.25, -0.2) is 0 Å². The Kier molecular flexibility index (Phi) is 7.86. The lowest BCUT2D eigenvalue weighted by Crippen LogP contribution is -2.12. The highest BCUT2D eigenvalue weighted by molar-refractivity contribution is 8.00. The lowest BCUT2D eigenvalue weighted by molar-refractivity contribution is -0.128. The fourth-order valence-electron chi connectivity index (χ4n) is 2.30. The van der Waals surface area contributed by atoms with Crippen LogP contribution in [-0.4, -0.2) is 24.1 Å². The Morgan fingerprint density at radius 2 is 1.83 bits per heavy atom. The minimum Gasteiger partial charge on any atom is -0.468 e. The molecule has 0 aliphatic heterocycles. The van der Waals surface area contributed by atoms with Crippen molar-refractivity contribution in [1.82, 2.24) is 0 Å². The van der Waals surface area contributed by atoms with Gasteiger partial charge in [0.1, 0.15) is 0 Å². The van der Waals surface area contributed by atoms with Crippen molar-refractivity contribution in [2.45, 2.75) is 29.4 Å². The summed E-state index contributed by atoms with van der Waals surface area (Å²) in [6, 6.07) is 16.9. The van der Waals surface area contributed by atoms with Crippen LogP contribution in [0.2, 0.25) is 5.02 Å². The summed E-state index contributed by atoms with van der Waals surface area (Å²) in [7, 11) is 0. The Morgan fingerprint density at radius 3 is 2.50 bits per heavy atom. The molecule has 0 spiro atoms. The summed E-state index contributed by atoms with van der Waals surface area (Å²) in [5.41, 5.74) is 0.725. The molecule has 0 N–H and O–H groups in total. The second-order valence-corrected chi connectivity index (χ2v) is 7.11. The molecule has 2 aromatic rings. The number of hydrogen-bond donors (Lipinski definition) is 0. The predicted octanol–water partition coefficient (Wildman–Crippen LogP) is 5.03. The van der Waals surface area contributed by atoms with E-state index in [1.807, 2.05) is 54.6 Å². The molecule has 0 radical (unpaired) electrons. The van der Waals surface area contributed by atoms with Gasteiger partial charge in [-0.3, -0.25) is 9.59 Å². The van der Waals surface area contributed by atoms with Crippen LogP contribution in [0, 0.1) is 0 Å². The first-order chi connectivity index (χ1) is 11.7. The number of benzene rings is 2. The molecule has 1 unspecified atom stereocenters. The van der Waals surface area contributed by atoms with Crippen LogP contribution in [0.25, 0.3) is 0 Å². The van der Waals surface area contributed by atoms with Gasteiger partial charge in [-0.05, 0) is 37.1 Å². The highest BCUT2D eigenvalue weighted by atomic mass is 35.5. The molecule has 3 nitrogen and oxygen atoms in total. The second kappa shape index (κ2) is 10.2. The van der Waals surface area contributed by atoms with Gasteiger partial charge in [-0.1, -0.05) is 41.9 Å². The molecule has 5 heteroatoms. The Bertz CT molecular complexity index is 643. The molecule has 2 rings (SSSR count). The van der Waals surface area contributed by atoms with Crippen LogP contribution in [-0.2, 0) is 9.53 Å². The molecule has 0 saturated carbocycles. The largest absolute Gasteiger partial charge is 0.468 e. The van der Waals surface area contributed by atoms with Crippen LogP contribution in [0.3, 0.4) is 0 Å². The molecule has 0 bridgehead atoms. The van der Waals surface area contributed by atoms with Gasteiger partial charge >= 0.3 is 0 Å². The predicted molar refractivity (Wildman–Crippen MR) is 97.7 cm³/mol. The summed E-state index contributed by atoms with van der Waals surface area (Å²) in [5.74, 6) is 0.123. The van der Waals surface area contributed by atoms with Gasteiger partial charge in [-0.2, -0.15) is 0 Å². The lowest BCUT2D eigenvalue weighted by atomic mass is 10.0. The van der Waals surface area contributed by atoms with Crippen LogP contribution < -0.4 is 0 Å². The van der Waals surface area contributed by atoms with Gasteiger partial charge < -0.3 is 4.74 Å². The number of carbonyl (C=O) groups is 2. The van der Waals surface area contributed by atoms with Crippen molar-refractivity contribution in [2.75, 3.05) is 6.61 Å². The van der Waals surface area contributed by atoms with Gasteiger partial charge in [-0.15, -0.1) is 11.8 Å². The molecule has 0 saturated heterocycles.